The van der Waals surface area contributed by atoms with Crippen molar-refractivity contribution in [3.8, 4) is 0 Å². The van der Waals surface area contributed by atoms with E-state index in [0.29, 0.717) is 23.9 Å². The van der Waals surface area contributed by atoms with Gasteiger partial charge in [0.1, 0.15) is 0 Å². The molecule has 4 nitrogen and oxygen atoms in total. The van der Waals surface area contributed by atoms with Crippen LogP contribution < -0.4 is 10.6 Å². The average Bonchev–Trinajstić information content (AvgIpc) is 2.88. The number of amides is 1. The lowest BCUT2D eigenvalue weighted by molar-refractivity contribution is -0.120. The molecule has 1 aliphatic rings. The summed E-state index contributed by atoms with van der Waals surface area (Å²) in [4.78, 5) is 12.3. The normalized spacial score (nSPS) is 21.9. The first-order valence-corrected chi connectivity index (χ1v) is 7.86. The number of halogens is 2. The quantitative estimate of drug-likeness (QED) is 0.847. The van der Waals surface area contributed by atoms with Gasteiger partial charge in [0.15, 0.2) is 0 Å². The zero-order chi connectivity index (χ0) is 14.5. The Morgan fingerprint density at radius 2 is 2.30 bits per heavy atom. The molecule has 1 aliphatic heterocycles. The van der Waals surface area contributed by atoms with E-state index in [2.05, 4.69) is 33.5 Å². The van der Waals surface area contributed by atoms with Gasteiger partial charge in [-0.3, -0.25) is 4.79 Å². The molecule has 1 amide bonds. The van der Waals surface area contributed by atoms with Gasteiger partial charge in [-0.25, -0.2) is 0 Å². The molecule has 1 saturated heterocycles. The molecule has 0 aliphatic carbocycles. The third-order valence-corrected chi connectivity index (χ3v) is 4.07. The van der Waals surface area contributed by atoms with Crippen molar-refractivity contribution in [3.63, 3.8) is 0 Å². The number of hydrogen-bond donors (Lipinski definition) is 2. The summed E-state index contributed by atoms with van der Waals surface area (Å²) < 4.78 is 6.29. The van der Waals surface area contributed by atoms with Gasteiger partial charge in [-0.15, -0.1) is 0 Å². The minimum absolute atomic E-state index is 0.0553. The summed E-state index contributed by atoms with van der Waals surface area (Å²) in [5.74, 6) is -0.235. The van der Waals surface area contributed by atoms with E-state index in [4.69, 9.17) is 16.3 Å². The van der Waals surface area contributed by atoms with Crippen molar-refractivity contribution in [2.24, 2.45) is 5.92 Å². The molecule has 2 atom stereocenters. The van der Waals surface area contributed by atoms with Gasteiger partial charge in [0, 0.05) is 10.5 Å². The Labute approximate surface area is 132 Å². The van der Waals surface area contributed by atoms with Gasteiger partial charge in [0.25, 0.3) is 0 Å². The second kappa shape index (κ2) is 7.41. The fourth-order valence-corrected chi connectivity index (χ4v) is 2.88. The maximum Gasteiger partial charge on any atom is 0.231 e. The monoisotopic (exact) mass is 360 g/mol. The molecule has 1 aromatic carbocycles. The number of hydrogen-bond acceptors (Lipinski definition) is 3. The lowest BCUT2D eigenvalue weighted by atomic mass is 10.0. The summed E-state index contributed by atoms with van der Waals surface area (Å²) in [5, 5.41) is 6.74. The molecule has 2 unspecified atom stereocenters. The lowest BCUT2D eigenvalue weighted by Crippen LogP contribution is -2.41. The summed E-state index contributed by atoms with van der Waals surface area (Å²) >= 11 is 9.45. The van der Waals surface area contributed by atoms with Crippen molar-refractivity contribution in [3.05, 3.63) is 27.7 Å². The fraction of sp³-hybridized carbons (Fsp3) is 0.500. The number of nitrogens with one attached hydrogen (secondary N) is 2. The predicted octanol–water partition coefficient (Wildman–Crippen LogP) is 3.06. The minimum atomic E-state index is -0.179. The Bertz CT molecular complexity index is 484. The number of rotatable bonds is 5. The number of benzene rings is 1. The van der Waals surface area contributed by atoms with Crippen molar-refractivity contribution in [1.29, 1.82) is 0 Å². The van der Waals surface area contributed by atoms with Gasteiger partial charge in [0.05, 0.1) is 29.8 Å². The molecule has 0 aromatic heterocycles. The van der Waals surface area contributed by atoms with E-state index in [0.717, 1.165) is 17.4 Å². The molecule has 6 heteroatoms. The molecular formula is C14H18BrClN2O2. The molecular weight excluding hydrogens is 344 g/mol. The summed E-state index contributed by atoms with van der Waals surface area (Å²) in [6.07, 6.45) is 1.03. The molecule has 1 aromatic rings. The van der Waals surface area contributed by atoms with Crippen LogP contribution in [-0.2, 0) is 9.53 Å². The molecule has 20 heavy (non-hydrogen) atoms. The molecule has 1 heterocycles. The van der Waals surface area contributed by atoms with Gasteiger partial charge in [0.2, 0.25) is 5.91 Å². The fourth-order valence-electron chi connectivity index (χ4n) is 2.16. The van der Waals surface area contributed by atoms with E-state index in [1.807, 2.05) is 6.07 Å². The topological polar surface area (TPSA) is 50.4 Å². The maximum atomic E-state index is 12.3. The molecule has 2 rings (SSSR count). The summed E-state index contributed by atoms with van der Waals surface area (Å²) in [5.41, 5.74) is 0.626. The van der Waals surface area contributed by atoms with Crippen LogP contribution in [-0.4, -0.2) is 31.7 Å². The minimum Gasteiger partial charge on any atom is -0.379 e. The van der Waals surface area contributed by atoms with E-state index in [1.54, 1.807) is 12.1 Å². The molecule has 0 saturated carbocycles. The van der Waals surface area contributed by atoms with E-state index >= 15 is 0 Å². The van der Waals surface area contributed by atoms with Crippen molar-refractivity contribution >= 4 is 39.1 Å². The van der Waals surface area contributed by atoms with Gasteiger partial charge in [-0.2, -0.15) is 0 Å². The van der Waals surface area contributed by atoms with Crippen LogP contribution in [0.2, 0.25) is 5.02 Å². The van der Waals surface area contributed by atoms with E-state index in [9.17, 15) is 4.79 Å². The molecule has 2 N–H and O–H groups in total. The van der Waals surface area contributed by atoms with Crippen molar-refractivity contribution < 1.29 is 9.53 Å². The van der Waals surface area contributed by atoms with Crippen molar-refractivity contribution in [2.75, 3.05) is 25.1 Å². The largest absolute Gasteiger partial charge is 0.379 e. The number of carbonyl (C=O) groups excluding carboxylic acids is 1. The van der Waals surface area contributed by atoms with Gasteiger partial charge in [-0.1, -0.05) is 34.5 Å². The SMILES string of the molecule is CCCNC1COCC1C(=O)Nc1ccc(Br)cc1Cl. The Kier molecular flexibility index (Phi) is 5.84. The van der Waals surface area contributed by atoms with Crippen LogP contribution >= 0.6 is 27.5 Å². The van der Waals surface area contributed by atoms with Gasteiger partial charge >= 0.3 is 0 Å². The standard InChI is InChI=1S/C14H18BrClN2O2/c1-2-5-17-13-8-20-7-10(13)14(19)18-12-4-3-9(15)6-11(12)16/h3-4,6,10,13,17H,2,5,7-8H2,1H3,(H,18,19). The van der Waals surface area contributed by atoms with Crippen LogP contribution in [0.5, 0.6) is 0 Å². The smallest absolute Gasteiger partial charge is 0.231 e. The van der Waals surface area contributed by atoms with Crippen LogP contribution in [0.25, 0.3) is 0 Å². The highest BCUT2D eigenvalue weighted by atomic mass is 79.9. The summed E-state index contributed by atoms with van der Waals surface area (Å²) in [6.45, 7) is 4.00. The van der Waals surface area contributed by atoms with E-state index < -0.39 is 0 Å². The van der Waals surface area contributed by atoms with Crippen LogP contribution in [0.1, 0.15) is 13.3 Å². The molecule has 0 spiro atoms. The first-order chi connectivity index (χ1) is 9.61. The third-order valence-electron chi connectivity index (χ3n) is 3.26. The first-order valence-electron chi connectivity index (χ1n) is 6.69. The Balaban J connectivity index is 2.00. The number of anilines is 1. The Morgan fingerprint density at radius 1 is 1.50 bits per heavy atom. The van der Waals surface area contributed by atoms with E-state index in [1.165, 1.54) is 0 Å². The molecule has 0 bridgehead atoms. The zero-order valence-corrected chi connectivity index (χ0v) is 13.6. The highest BCUT2D eigenvalue weighted by Gasteiger charge is 2.33. The maximum absolute atomic E-state index is 12.3. The van der Waals surface area contributed by atoms with Crippen molar-refractivity contribution in [1.82, 2.24) is 5.32 Å². The molecule has 110 valence electrons. The second-order valence-corrected chi connectivity index (χ2v) is 6.14. The third kappa shape index (κ3) is 3.95. The number of ether oxygens (including phenoxy) is 1. The average molecular weight is 362 g/mol. The van der Waals surface area contributed by atoms with Crippen LogP contribution in [0, 0.1) is 5.92 Å². The predicted molar refractivity (Wildman–Crippen MR) is 84.2 cm³/mol. The van der Waals surface area contributed by atoms with E-state index in [-0.39, 0.29) is 17.9 Å². The Morgan fingerprint density at radius 3 is 3.00 bits per heavy atom. The van der Waals surface area contributed by atoms with Gasteiger partial charge < -0.3 is 15.4 Å². The van der Waals surface area contributed by atoms with Crippen LogP contribution in [0.3, 0.4) is 0 Å². The van der Waals surface area contributed by atoms with Crippen LogP contribution in [0.15, 0.2) is 22.7 Å². The van der Waals surface area contributed by atoms with Crippen LogP contribution in [0.4, 0.5) is 5.69 Å². The Hall–Kier alpha value is -0.620. The number of carbonyl (C=O) groups is 1. The summed E-state index contributed by atoms with van der Waals surface area (Å²) in [7, 11) is 0. The van der Waals surface area contributed by atoms with Gasteiger partial charge in [-0.05, 0) is 31.2 Å². The molecule has 1 fully saturated rings. The highest BCUT2D eigenvalue weighted by molar-refractivity contribution is 9.10. The second-order valence-electron chi connectivity index (χ2n) is 4.82. The molecule has 0 radical (unpaired) electrons. The first kappa shape index (κ1) is 15.8. The highest BCUT2D eigenvalue weighted by Crippen LogP contribution is 2.26. The lowest BCUT2D eigenvalue weighted by Gasteiger charge is -2.18. The zero-order valence-electron chi connectivity index (χ0n) is 11.3. The van der Waals surface area contributed by atoms with Crippen molar-refractivity contribution in [2.45, 2.75) is 19.4 Å². The summed E-state index contributed by atoms with van der Waals surface area (Å²) in [6, 6.07) is 5.47.